The lowest BCUT2D eigenvalue weighted by Gasteiger charge is -2.25. The Bertz CT molecular complexity index is 692. The van der Waals surface area contributed by atoms with E-state index in [1.54, 1.807) is 6.08 Å². The number of methoxy groups -OCH3 is 1. The molecule has 0 radical (unpaired) electrons. The minimum Gasteiger partial charge on any atom is -0.466 e. The molecule has 124 valence electrons. The normalized spacial score (nSPS) is 18.1. The summed E-state index contributed by atoms with van der Waals surface area (Å²) in [7, 11) is 1.39. The van der Waals surface area contributed by atoms with Gasteiger partial charge in [0.1, 0.15) is 0 Å². The molecular weight excluding hydrogens is 298 g/mol. The van der Waals surface area contributed by atoms with Crippen molar-refractivity contribution in [3.8, 4) is 0 Å². The zero-order chi connectivity index (χ0) is 16.8. The van der Waals surface area contributed by atoms with Gasteiger partial charge in [0.15, 0.2) is 0 Å². The van der Waals surface area contributed by atoms with Crippen LogP contribution < -0.4 is 0 Å². The number of hydrogen-bond donors (Lipinski definition) is 0. The highest BCUT2D eigenvalue weighted by Gasteiger charge is 2.25. The summed E-state index contributed by atoms with van der Waals surface area (Å²) in [5.41, 5.74) is 3.72. The summed E-state index contributed by atoms with van der Waals surface area (Å²) in [6.45, 7) is 2.14. The molecular formula is C21H23NO2. The Morgan fingerprint density at radius 2 is 1.92 bits per heavy atom. The lowest BCUT2D eigenvalue weighted by molar-refractivity contribution is -0.134. The van der Waals surface area contributed by atoms with Gasteiger partial charge in [-0.2, -0.15) is 0 Å². The second-order valence-corrected chi connectivity index (χ2v) is 6.14. The first kappa shape index (κ1) is 16.5. The van der Waals surface area contributed by atoms with Crippen LogP contribution in [0.4, 0.5) is 0 Å². The van der Waals surface area contributed by atoms with Gasteiger partial charge in [-0.15, -0.1) is 0 Å². The van der Waals surface area contributed by atoms with E-state index in [1.165, 1.54) is 37.2 Å². The van der Waals surface area contributed by atoms with Crippen molar-refractivity contribution >= 4 is 12.0 Å². The van der Waals surface area contributed by atoms with Crippen molar-refractivity contribution in [1.82, 2.24) is 4.90 Å². The number of benzene rings is 2. The van der Waals surface area contributed by atoms with Crippen molar-refractivity contribution < 1.29 is 9.53 Å². The van der Waals surface area contributed by atoms with Gasteiger partial charge in [0.25, 0.3) is 0 Å². The summed E-state index contributed by atoms with van der Waals surface area (Å²) in [5, 5.41) is 0. The molecule has 1 heterocycles. The van der Waals surface area contributed by atoms with Gasteiger partial charge in [0, 0.05) is 18.7 Å². The van der Waals surface area contributed by atoms with Crippen LogP contribution in [0.2, 0.25) is 0 Å². The maximum Gasteiger partial charge on any atom is 0.330 e. The van der Waals surface area contributed by atoms with E-state index in [2.05, 4.69) is 64.2 Å². The van der Waals surface area contributed by atoms with E-state index >= 15 is 0 Å². The SMILES string of the molecule is COC(=O)/C=C/c1ccc([C@@H]2CCCN2Cc2ccccc2)cc1. The minimum absolute atomic E-state index is 0.330. The molecule has 0 aromatic heterocycles. The van der Waals surface area contributed by atoms with Crippen LogP contribution in [0.15, 0.2) is 60.7 Å². The first-order valence-electron chi connectivity index (χ1n) is 8.40. The van der Waals surface area contributed by atoms with Gasteiger partial charge in [-0.25, -0.2) is 4.79 Å². The topological polar surface area (TPSA) is 29.5 Å². The molecule has 1 aliphatic heterocycles. The van der Waals surface area contributed by atoms with Crippen LogP contribution in [0.1, 0.15) is 35.6 Å². The standard InChI is InChI=1S/C21H23NO2/c1-24-21(23)14-11-17-9-12-19(13-10-17)20-8-5-15-22(20)16-18-6-3-2-4-7-18/h2-4,6-7,9-14,20H,5,8,15-16H2,1H3/b14-11+/t20-/m0/s1. The van der Waals surface area contributed by atoms with Gasteiger partial charge in [0.2, 0.25) is 0 Å². The molecule has 3 heteroatoms. The third-order valence-electron chi connectivity index (χ3n) is 4.53. The zero-order valence-corrected chi connectivity index (χ0v) is 14.0. The quantitative estimate of drug-likeness (QED) is 0.610. The van der Waals surface area contributed by atoms with Crippen LogP contribution in [0.25, 0.3) is 6.08 Å². The smallest absolute Gasteiger partial charge is 0.330 e. The minimum atomic E-state index is -0.330. The van der Waals surface area contributed by atoms with Gasteiger partial charge in [-0.3, -0.25) is 4.90 Å². The lowest BCUT2D eigenvalue weighted by Crippen LogP contribution is -2.22. The van der Waals surface area contributed by atoms with Gasteiger partial charge < -0.3 is 4.74 Å². The molecule has 24 heavy (non-hydrogen) atoms. The third kappa shape index (κ3) is 4.12. The summed E-state index contributed by atoms with van der Waals surface area (Å²) in [4.78, 5) is 13.7. The molecule has 0 saturated carbocycles. The number of likely N-dealkylation sites (tertiary alicyclic amines) is 1. The molecule has 1 fully saturated rings. The van der Waals surface area contributed by atoms with Crippen LogP contribution in [0.5, 0.6) is 0 Å². The summed E-state index contributed by atoms with van der Waals surface area (Å²) < 4.78 is 4.62. The molecule has 1 atom stereocenters. The molecule has 1 aliphatic rings. The van der Waals surface area contributed by atoms with E-state index in [0.717, 1.165) is 18.7 Å². The molecule has 0 amide bonds. The first-order chi connectivity index (χ1) is 11.8. The van der Waals surface area contributed by atoms with Gasteiger partial charge in [-0.1, -0.05) is 54.6 Å². The number of carbonyl (C=O) groups excluding carboxylic acids is 1. The van der Waals surface area contributed by atoms with E-state index < -0.39 is 0 Å². The van der Waals surface area contributed by atoms with E-state index in [-0.39, 0.29) is 5.97 Å². The predicted octanol–water partition coefficient (Wildman–Crippen LogP) is 4.21. The molecule has 0 aliphatic carbocycles. The molecule has 0 N–H and O–H groups in total. The lowest BCUT2D eigenvalue weighted by atomic mass is 10.0. The molecule has 0 bridgehead atoms. The van der Waals surface area contributed by atoms with Crippen molar-refractivity contribution in [2.45, 2.75) is 25.4 Å². The van der Waals surface area contributed by atoms with Crippen LogP contribution in [0, 0.1) is 0 Å². The Labute approximate surface area is 143 Å². The fourth-order valence-electron chi connectivity index (χ4n) is 3.27. The number of carbonyl (C=O) groups is 1. The summed E-state index contributed by atoms with van der Waals surface area (Å²) in [6.07, 6.45) is 5.67. The van der Waals surface area contributed by atoms with Crippen LogP contribution >= 0.6 is 0 Å². The average Bonchev–Trinajstić information content (AvgIpc) is 3.09. The van der Waals surface area contributed by atoms with E-state index in [1.807, 2.05) is 0 Å². The summed E-state index contributed by atoms with van der Waals surface area (Å²) >= 11 is 0. The second-order valence-electron chi connectivity index (χ2n) is 6.14. The Hall–Kier alpha value is -2.39. The zero-order valence-electron chi connectivity index (χ0n) is 14.0. The number of esters is 1. The van der Waals surface area contributed by atoms with Gasteiger partial charge in [0.05, 0.1) is 7.11 Å². The number of rotatable bonds is 5. The van der Waals surface area contributed by atoms with Gasteiger partial charge in [-0.05, 0) is 42.2 Å². The number of hydrogen-bond acceptors (Lipinski definition) is 3. The molecule has 2 aromatic carbocycles. The van der Waals surface area contributed by atoms with Gasteiger partial charge >= 0.3 is 5.97 Å². The maximum atomic E-state index is 11.2. The molecule has 3 nitrogen and oxygen atoms in total. The molecule has 3 rings (SSSR count). The summed E-state index contributed by atoms with van der Waals surface area (Å²) in [6, 6.07) is 19.6. The van der Waals surface area contributed by atoms with Crippen LogP contribution in [0.3, 0.4) is 0 Å². The van der Waals surface area contributed by atoms with Crippen molar-refractivity contribution in [3.05, 3.63) is 77.4 Å². The molecule has 0 unspecified atom stereocenters. The highest BCUT2D eigenvalue weighted by atomic mass is 16.5. The fourth-order valence-corrected chi connectivity index (χ4v) is 3.27. The Kier molecular flexibility index (Phi) is 5.44. The highest BCUT2D eigenvalue weighted by Crippen LogP contribution is 2.33. The average molecular weight is 321 g/mol. The van der Waals surface area contributed by atoms with Crippen LogP contribution in [-0.2, 0) is 16.1 Å². The Morgan fingerprint density at radius 3 is 2.62 bits per heavy atom. The fraction of sp³-hybridized carbons (Fsp3) is 0.286. The van der Waals surface area contributed by atoms with Crippen molar-refractivity contribution in [3.63, 3.8) is 0 Å². The Morgan fingerprint density at radius 1 is 1.17 bits per heavy atom. The number of ether oxygens (including phenoxy) is 1. The van der Waals surface area contributed by atoms with Crippen molar-refractivity contribution in [1.29, 1.82) is 0 Å². The number of nitrogens with zero attached hydrogens (tertiary/aromatic N) is 1. The molecule has 0 spiro atoms. The van der Waals surface area contributed by atoms with E-state index in [9.17, 15) is 4.79 Å². The second kappa shape index (κ2) is 7.93. The largest absolute Gasteiger partial charge is 0.466 e. The Balaban J connectivity index is 1.68. The monoisotopic (exact) mass is 321 g/mol. The van der Waals surface area contributed by atoms with E-state index in [4.69, 9.17) is 0 Å². The van der Waals surface area contributed by atoms with E-state index in [0.29, 0.717) is 6.04 Å². The summed E-state index contributed by atoms with van der Waals surface area (Å²) in [5.74, 6) is -0.330. The van der Waals surface area contributed by atoms with Crippen molar-refractivity contribution in [2.24, 2.45) is 0 Å². The highest BCUT2D eigenvalue weighted by molar-refractivity contribution is 5.86. The van der Waals surface area contributed by atoms with Crippen molar-refractivity contribution in [2.75, 3.05) is 13.7 Å². The molecule has 1 saturated heterocycles. The first-order valence-corrected chi connectivity index (χ1v) is 8.40. The maximum absolute atomic E-state index is 11.2. The van der Waals surface area contributed by atoms with Crippen LogP contribution in [-0.4, -0.2) is 24.5 Å². The molecule has 2 aromatic rings. The predicted molar refractivity (Wildman–Crippen MR) is 96.3 cm³/mol. The third-order valence-corrected chi connectivity index (χ3v) is 4.53.